The Hall–Kier alpha value is -1.77. The monoisotopic (exact) mass is 245 g/mol. The molecule has 0 unspecified atom stereocenters. The Labute approximate surface area is 107 Å². The van der Waals surface area contributed by atoms with Crippen LogP contribution in [0.25, 0.3) is 10.9 Å². The van der Waals surface area contributed by atoms with Gasteiger partial charge in [0.15, 0.2) is 0 Å². The van der Waals surface area contributed by atoms with Gasteiger partial charge in [-0.3, -0.25) is 0 Å². The molecule has 96 valence electrons. The Kier molecular flexibility index (Phi) is 4.03. The number of unbranched alkanes of at least 4 members (excludes halogenated alkanes) is 1. The molecule has 2 aromatic rings. The summed E-state index contributed by atoms with van der Waals surface area (Å²) in [5, 5.41) is 1.09. The quantitative estimate of drug-likeness (QED) is 0.815. The first-order valence-corrected chi connectivity index (χ1v) is 6.54. The van der Waals surface area contributed by atoms with Crippen LogP contribution in [0.15, 0.2) is 30.3 Å². The number of carbonyl (C=O) groups excluding carboxylic acids is 1. The Morgan fingerprint density at radius 3 is 2.78 bits per heavy atom. The van der Waals surface area contributed by atoms with E-state index in [0.29, 0.717) is 6.61 Å². The first-order valence-electron chi connectivity index (χ1n) is 6.54. The molecule has 3 heteroatoms. The number of rotatable bonds is 4. The summed E-state index contributed by atoms with van der Waals surface area (Å²) in [7, 11) is 0. The fourth-order valence-corrected chi connectivity index (χ4v) is 2.16. The molecule has 0 aliphatic heterocycles. The maximum Gasteiger partial charge on any atom is 0.418 e. The van der Waals surface area contributed by atoms with Crippen molar-refractivity contribution >= 4 is 17.0 Å². The van der Waals surface area contributed by atoms with Crippen LogP contribution in [-0.2, 0) is 11.2 Å². The molecule has 0 amide bonds. The maximum absolute atomic E-state index is 12.0. The molecule has 0 fully saturated rings. The molecule has 1 heterocycles. The molecule has 18 heavy (non-hydrogen) atoms. The molecule has 3 nitrogen and oxygen atoms in total. The summed E-state index contributed by atoms with van der Waals surface area (Å²) in [4.78, 5) is 12.0. The number of aromatic nitrogens is 1. The number of hydrogen-bond acceptors (Lipinski definition) is 2. The third-order valence-electron chi connectivity index (χ3n) is 3.02. The van der Waals surface area contributed by atoms with Gasteiger partial charge in [-0.1, -0.05) is 31.5 Å². The van der Waals surface area contributed by atoms with Crippen LogP contribution < -0.4 is 0 Å². The van der Waals surface area contributed by atoms with E-state index in [0.717, 1.165) is 35.9 Å². The van der Waals surface area contributed by atoms with Crippen LogP contribution >= 0.6 is 0 Å². The molecule has 2 rings (SSSR count). The van der Waals surface area contributed by atoms with Gasteiger partial charge in [0.1, 0.15) is 0 Å². The molecule has 0 N–H and O–H groups in total. The lowest BCUT2D eigenvalue weighted by Crippen LogP contribution is -2.16. The summed E-state index contributed by atoms with van der Waals surface area (Å²) in [6.45, 7) is 4.38. The molecule has 0 saturated heterocycles. The number of nitrogens with zero attached hydrogens (tertiary/aromatic N) is 1. The minimum atomic E-state index is -0.273. The normalized spacial score (nSPS) is 10.8. The van der Waals surface area contributed by atoms with E-state index in [1.807, 2.05) is 31.2 Å². The van der Waals surface area contributed by atoms with Gasteiger partial charge in [-0.2, -0.15) is 0 Å². The minimum absolute atomic E-state index is 0.273. The zero-order chi connectivity index (χ0) is 13.0. The second kappa shape index (κ2) is 5.71. The summed E-state index contributed by atoms with van der Waals surface area (Å²) in [5.74, 6) is 0. The van der Waals surface area contributed by atoms with Gasteiger partial charge in [-0.05, 0) is 31.9 Å². The average molecular weight is 245 g/mol. The fraction of sp³-hybridized carbons (Fsp3) is 0.400. The Balaban J connectivity index is 2.47. The van der Waals surface area contributed by atoms with E-state index < -0.39 is 0 Å². The topological polar surface area (TPSA) is 31.2 Å². The predicted molar refractivity (Wildman–Crippen MR) is 73.0 cm³/mol. The Bertz CT molecular complexity index is 542. The minimum Gasteiger partial charge on any atom is -0.449 e. The van der Waals surface area contributed by atoms with Crippen LogP contribution in [0, 0.1) is 0 Å². The fourth-order valence-electron chi connectivity index (χ4n) is 2.16. The second-order valence-corrected chi connectivity index (χ2v) is 4.33. The number of carbonyl (C=O) groups is 1. The van der Waals surface area contributed by atoms with Crippen LogP contribution in [0.1, 0.15) is 32.4 Å². The number of fused-ring (bicyclic) bond motifs is 1. The maximum atomic E-state index is 12.0. The smallest absolute Gasteiger partial charge is 0.418 e. The SMILES string of the molecule is CCCCc1cc2ccccc2n1C(=O)OCC. The number of benzene rings is 1. The van der Waals surface area contributed by atoms with Crippen molar-refractivity contribution in [2.45, 2.75) is 33.1 Å². The zero-order valence-corrected chi connectivity index (χ0v) is 11.0. The van der Waals surface area contributed by atoms with Gasteiger partial charge in [0.25, 0.3) is 0 Å². The van der Waals surface area contributed by atoms with Crippen LogP contribution in [0.3, 0.4) is 0 Å². The standard InChI is InChI=1S/C15H19NO2/c1-3-5-9-13-11-12-8-6-7-10-14(12)16(13)15(17)18-4-2/h6-8,10-11H,3-5,9H2,1-2H3. The molecule has 0 aliphatic carbocycles. The van der Waals surface area contributed by atoms with Crippen molar-refractivity contribution in [2.24, 2.45) is 0 Å². The third-order valence-corrected chi connectivity index (χ3v) is 3.02. The highest BCUT2D eigenvalue weighted by atomic mass is 16.5. The van der Waals surface area contributed by atoms with Gasteiger partial charge in [0.05, 0.1) is 12.1 Å². The summed E-state index contributed by atoms with van der Waals surface area (Å²) >= 11 is 0. The molecule has 0 aliphatic rings. The van der Waals surface area contributed by atoms with Crippen LogP contribution in [0.2, 0.25) is 0 Å². The van der Waals surface area contributed by atoms with Crippen molar-refractivity contribution in [1.29, 1.82) is 0 Å². The molecule has 0 radical (unpaired) electrons. The second-order valence-electron chi connectivity index (χ2n) is 4.33. The van der Waals surface area contributed by atoms with E-state index >= 15 is 0 Å². The van der Waals surface area contributed by atoms with Gasteiger partial charge in [0.2, 0.25) is 0 Å². The van der Waals surface area contributed by atoms with E-state index in [9.17, 15) is 4.79 Å². The largest absolute Gasteiger partial charge is 0.449 e. The van der Waals surface area contributed by atoms with Gasteiger partial charge in [-0.25, -0.2) is 9.36 Å². The lowest BCUT2D eigenvalue weighted by atomic mass is 10.2. The molecule has 0 bridgehead atoms. The Morgan fingerprint density at radius 2 is 2.06 bits per heavy atom. The molecule has 0 saturated carbocycles. The number of ether oxygens (including phenoxy) is 1. The number of hydrogen-bond donors (Lipinski definition) is 0. The van der Waals surface area contributed by atoms with Crippen molar-refractivity contribution in [3.05, 3.63) is 36.0 Å². The van der Waals surface area contributed by atoms with E-state index in [-0.39, 0.29) is 6.09 Å². The summed E-state index contributed by atoms with van der Waals surface area (Å²) < 4.78 is 6.84. The van der Waals surface area contributed by atoms with Crippen LogP contribution in [0.4, 0.5) is 4.79 Å². The van der Waals surface area contributed by atoms with Crippen LogP contribution in [-0.4, -0.2) is 17.3 Å². The molecule has 1 aromatic heterocycles. The molecular weight excluding hydrogens is 226 g/mol. The lowest BCUT2D eigenvalue weighted by Gasteiger charge is -2.08. The van der Waals surface area contributed by atoms with E-state index in [4.69, 9.17) is 4.74 Å². The summed E-state index contributed by atoms with van der Waals surface area (Å²) in [6, 6.07) is 10.0. The van der Waals surface area contributed by atoms with Gasteiger partial charge in [0, 0.05) is 11.1 Å². The third kappa shape index (κ3) is 2.40. The summed E-state index contributed by atoms with van der Waals surface area (Å²) in [5.41, 5.74) is 1.97. The molecular formula is C15H19NO2. The van der Waals surface area contributed by atoms with Crippen LogP contribution in [0.5, 0.6) is 0 Å². The molecule has 0 spiro atoms. The van der Waals surface area contributed by atoms with Gasteiger partial charge in [-0.15, -0.1) is 0 Å². The van der Waals surface area contributed by atoms with E-state index in [2.05, 4.69) is 13.0 Å². The lowest BCUT2D eigenvalue weighted by molar-refractivity contribution is 0.154. The first-order chi connectivity index (χ1) is 8.77. The number of para-hydroxylation sites is 1. The van der Waals surface area contributed by atoms with E-state index in [1.165, 1.54) is 0 Å². The van der Waals surface area contributed by atoms with Crippen molar-refractivity contribution in [3.63, 3.8) is 0 Å². The highest BCUT2D eigenvalue weighted by Gasteiger charge is 2.15. The van der Waals surface area contributed by atoms with Crippen molar-refractivity contribution in [2.75, 3.05) is 6.61 Å². The highest BCUT2D eigenvalue weighted by Crippen LogP contribution is 2.21. The summed E-state index contributed by atoms with van der Waals surface area (Å²) in [6.07, 6.45) is 2.83. The predicted octanol–water partition coefficient (Wildman–Crippen LogP) is 3.99. The molecule has 0 atom stereocenters. The molecule has 1 aromatic carbocycles. The van der Waals surface area contributed by atoms with Crippen molar-refractivity contribution in [1.82, 2.24) is 4.57 Å². The number of aryl methyl sites for hydroxylation is 1. The zero-order valence-electron chi connectivity index (χ0n) is 11.0. The van der Waals surface area contributed by atoms with E-state index in [1.54, 1.807) is 4.57 Å². The van der Waals surface area contributed by atoms with Crippen molar-refractivity contribution in [3.8, 4) is 0 Å². The first kappa shape index (κ1) is 12.7. The average Bonchev–Trinajstić information content (AvgIpc) is 2.74. The van der Waals surface area contributed by atoms with Crippen molar-refractivity contribution < 1.29 is 9.53 Å². The Morgan fingerprint density at radius 1 is 1.28 bits per heavy atom. The van der Waals surface area contributed by atoms with Gasteiger partial charge >= 0.3 is 6.09 Å². The van der Waals surface area contributed by atoms with Gasteiger partial charge < -0.3 is 4.74 Å². The highest BCUT2D eigenvalue weighted by molar-refractivity contribution is 5.90.